The minimum atomic E-state index is 0.315. The predicted molar refractivity (Wildman–Crippen MR) is 54.8 cm³/mol. The zero-order chi connectivity index (χ0) is 9.68. The molecule has 1 fully saturated rings. The van der Waals surface area contributed by atoms with Crippen molar-refractivity contribution in [3.8, 4) is 0 Å². The summed E-state index contributed by atoms with van der Waals surface area (Å²) in [6.45, 7) is 0.943. The van der Waals surface area contributed by atoms with Crippen LogP contribution in [0.15, 0.2) is 0 Å². The van der Waals surface area contributed by atoms with Gasteiger partial charge in [-0.25, -0.2) is 0 Å². The fourth-order valence-electron chi connectivity index (χ4n) is 2.04. The van der Waals surface area contributed by atoms with Crippen molar-refractivity contribution in [1.82, 2.24) is 4.90 Å². The SMILES string of the molecule is CN(C)CC1CCCCCCC1=O. The monoisotopic (exact) mass is 183 g/mol. The highest BCUT2D eigenvalue weighted by Crippen LogP contribution is 2.19. The molecule has 1 saturated carbocycles. The standard InChI is InChI=1S/C11H21NO/c1-12(2)9-10-7-5-3-4-6-8-11(10)13/h10H,3-9H2,1-2H3. The van der Waals surface area contributed by atoms with Gasteiger partial charge in [-0.3, -0.25) is 4.79 Å². The zero-order valence-electron chi connectivity index (χ0n) is 8.88. The van der Waals surface area contributed by atoms with Crippen LogP contribution in [0.4, 0.5) is 0 Å². The van der Waals surface area contributed by atoms with E-state index < -0.39 is 0 Å². The van der Waals surface area contributed by atoms with Gasteiger partial charge in [0.25, 0.3) is 0 Å². The van der Waals surface area contributed by atoms with Crippen molar-refractivity contribution in [2.45, 2.75) is 38.5 Å². The second kappa shape index (κ2) is 5.38. The fourth-order valence-corrected chi connectivity index (χ4v) is 2.04. The number of hydrogen-bond donors (Lipinski definition) is 0. The minimum absolute atomic E-state index is 0.315. The molecule has 0 saturated heterocycles. The summed E-state index contributed by atoms with van der Waals surface area (Å²) in [5, 5.41) is 0. The van der Waals surface area contributed by atoms with Crippen LogP contribution in [0, 0.1) is 5.92 Å². The lowest BCUT2D eigenvalue weighted by atomic mass is 9.90. The van der Waals surface area contributed by atoms with Crippen LogP contribution in [0.3, 0.4) is 0 Å². The Balaban J connectivity index is 2.41. The molecule has 1 atom stereocenters. The van der Waals surface area contributed by atoms with E-state index >= 15 is 0 Å². The maximum atomic E-state index is 11.7. The lowest BCUT2D eigenvalue weighted by molar-refractivity contribution is -0.124. The summed E-state index contributed by atoms with van der Waals surface area (Å²) in [5.41, 5.74) is 0. The van der Waals surface area contributed by atoms with Gasteiger partial charge in [0.2, 0.25) is 0 Å². The second-order valence-electron chi connectivity index (χ2n) is 4.38. The third-order valence-electron chi connectivity index (χ3n) is 2.77. The number of rotatable bonds is 2. The first-order valence-corrected chi connectivity index (χ1v) is 5.37. The smallest absolute Gasteiger partial charge is 0.137 e. The van der Waals surface area contributed by atoms with E-state index in [9.17, 15) is 4.79 Å². The lowest BCUT2D eigenvalue weighted by Gasteiger charge is -2.21. The Kier molecular flexibility index (Phi) is 4.43. The minimum Gasteiger partial charge on any atom is -0.309 e. The number of carbonyl (C=O) groups excluding carboxylic acids is 1. The van der Waals surface area contributed by atoms with Crippen LogP contribution in [-0.4, -0.2) is 31.3 Å². The van der Waals surface area contributed by atoms with Gasteiger partial charge in [0.15, 0.2) is 0 Å². The van der Waals surface area contributed by atoms with Crippen LogP contribution in [0.25, 0.3) is 0 Å². The van der Waals surface area contributed by atoms with E-state index in [0.717, 1.165) is 25.8 Å². The first-order chi connectivity index (χ1) is 6.20. The van der Waals surface area contributed by atoms with Crippen molar-refractivity contribution in [3.63, 3.8) is 0 Å². The highest BCUT2D eigenvalue weighted by atomic mass is 16.1. The van der Waals surface area contributed by atoms with Crippen molar-refractivity contribution in [3.05, 3.63) is 0 Å². The zero-order valence-corrected chi connectivity index (χ0v) is 8.88. The lowest BCUT2D eigenvalue weighted by Crippen LogP contribution is -2.28. The van der Waals surface area contributed by atoms with Crippen LogP contribution in [0.5, 0.6) is 0 Å². The Morgan fingerprint density at radius 3 is 2.62 bits per heavy atom. The molecule has 2 heteroatoms. The molecule has 0 N–H and O–H groups in total. The molecule has 0 bridgehead atoms. The average molecular weight is 183 g/mol. The van der Waals surface area contributed by atoms with E-state index in [1.54, 1.807) is 0 Å². The van der Waals surface area contributed by atoms with Crippen LogP contribution >= 0.6 is 0 Å². The second-order valence-corrected chi connectivity index (χ2v) is 4.38. The van der Waals surface area contributed by atoms with E-state index in [0.29, 0.717) is 11.7 Å². The molecule has 0 amide bonds. The van der Waals surface area contributed by atoms with Crippen molar-refractivity contribution in [2.75, 3.05) is 20.6 Å². The summed E-state index contributed by atoms with van der Waals surface area (Å²) in [5.74, 6) is 0.809. The largest absolute Gasteiger partial charge is 0.309 e. The first kappa shape index (κ1) is 10.7. The molecule has 2 nitrogen and oxygen atoms in total. The first-order valence-electron chi connectivity index (χ1n) is 5.37. The fraction of sp³-hybridized carbons (Fsp3) is 0.909. The van der Waals surface area contributed by atoms with Gasteiger partial charge in [0.1, 0.15) is 5.78 Å². The van der Waals surface area contributed by atoms with E-state index in [-0.39, 0.29) is 0 Å². The molecule has 76 valence electrons. The molecule has 0 aromatic rings. The molecule has 0 aliphatic heterocycles. The number of nitrogens with zero attached hydrogens (tertiary/aromatic N) is 1. The summed E-state index contributed by atoms with van der Waals surface area (Å²) >= 11 is 0. The van der Waals surface area contributed by atoms with Gasteiger partial charge in [-0.05, 0) is 26.9 Å². The number of ketones is 1. The summed E-state index contributed by atoms with van der Waals surface area (Å²) < 4.78 is 0. The molecule has 1 aliphatic carbocycles. The molecule has 1 rings (SSSR count). The summed E-state index contributed by atoms with van der Waals surface area (Å²) in [6, 6.07) is 0. The maximum absolute atomic E-state index is 11.7. The van der Waals surface area contributed by atoms with Crippen molar-refractivity contribution in [2.24, 2.45) is 5.92 Å². The van der Waals surface area contributed by atoms with Gasteiger partial charge < -0.3 is 4.90 Å². The van der Waals surface area contributed by atoms with E-state index in [2.05, 4.69) is 4.90 Å². The summed E-state index contributed by atoms with van der Waals surface area (Å²) in [6.07, 6.45) is 6.85. The highest BCUT2D eigenvalue weighted by Gasteiger charge is 2.19. The van der Waals surface area contributed by atoms with Gasteiger partial charge in [-0.15, -0.1) is 0 Å². The van der Waals surface area contributed by atoms with Crippen molar-refractivity contribution in [1.29, 1.82) is 0 Å². The Morgan fingerprint density at radius 1 is 1.23 bits per heavy atom. The molecule has 0 aromatic carbocycles. The molecule has 13 heavy (non-hydrogen) atoms. The third-order valence-corrected chi connectivity index (χ3v) is 2.77. The summed E-state index contributed by atoms with van der Waals surface area (Å²) in [4.78, 5) is 13.8. The van der Waals surface area contributed by atoms with Crippen LogP contribution in [-0.2, 0) is 4.79 Å². The van der Waals surface area contributed by atoms with Gasteiger partial charge in [-0.2, -0.15) is 0 Å². The summed E-state index contributed by atoms with van der Waals surface area (Å²) in [7, 11) is 4.10. The average Bonchev–Trinajstić information content (AvgIpc) is 2.04. The topological polar surface area (TPSA) is 20.3 Å². The number of hydrogen-bond acceptors (Lipinski definition) is 2. The Labute approximate surface area is 81.3 Å². The van der Waals surface area contributed by atoms with E-state index in [1.165, 1.54) is 19.3 Å². The third kappa shape index (κ3) is 3.90. The molecule has 0 aromatic heterocycles. The van der Waals surface area contributed by atoms with Crippen molar-refractivity contribution >= 4 is 5.78 Å². The van der Waals surface area contributed by atoms with Gasteiger partial charge in [0, 0.05) is 18.9 Å². The number of carbonyl (C=O) groups is 1. The quantitative estimate of drug-likeness (QED) is 0.653. The molecular weight excluding hydrogens is 162 g/mol. The Morgan fingerprint density at radius 2 is 1.92 bits per heavy atom. The Bertz CT molecular complexity index is 165. The van der Waals surface area contributed by atoms with E-state index in [1.807, 2.05) is 14.1 Å². The van der Waals surface area contributed by atoms with Gasteiger partial charge >= 0.3 is 0 Å². The van der Waals surface area contributed by atoms with Crippen LogP contribution in [0.2, 0.25) is 0 Å². The van der Waals surface area contributed by atoms with Crippen molar-refractivity contribution < 1.29 is 4.79 Å². The highest BCUT2D eigenvalue weighted by molar-refractivity contribution is 5.81. The van der Waals surface area contributed by atoms with Gasteiger partial charge in [0.05, 0.1) is 0 Å². The molecule has 0 heterocycles. The maximum Gasteiger partial charge on any atom is 0.137 e. The van der Waals surface area contributed by atoms with E-state index in [4.69, 9.17) is 0 Å². The normalized spacial score (nSPS) is 25.8. The molecule has 1 unspecified atom stereocenters. The Hall–Kier alpha value is -0.370. The number of Topliss-reactive ketones (excluding diaryl/α,β-unsaturated/α-hetero) is 1. The molecule has 1 aliphatic rings. The van der Waals surface area contributed by atoms with Crippen LogP contribution < -0.4 is 0 Å². The molecular formula is C11H21NO. The van der Waals surface area contributed by atoms with Crippen LogP contribution in [0.1, 0.15) is 38.5 Å². The molecule has 0 radical (unpaired) electrons. The molecule has 0 spiro atoms. The van der Waals surface area contributed by atoms with Gasteiger partial charge in [-0.1, -0.05) is 19.3 Å². The predicted octanol–water partition coefficient (Wildman–Crippen LogP) is 2.09.